The van der Waals surface area contributed by atoms with Gasteiger partial charge in [-0.25, -0.2) is 0 Å². The van der Waals surface area contributed by atoms with Crippen LogP contribution in [0.25, 0.3) is 0 Å². The second kappa shape index (κ2) is 4.71. The van der Waals surface area contributed by atoms with Gasteiger partial charge in [-0.05, 0) is 13.3 Å². The number of rotatable bonds is 4. The minimum atomic E-state index is -0.834. The fourth-order valence-electron chi connectivity index (χ4n) is 3.10. The van der Waals surface area contributed by atoms with Crippen LogP contribution in [0.4, 0.5) is 0 Å². The fourth-order valence-corrected chi connectivity index (χ4v) is 3.66. The molecule has 1 spiro atoms. The monoisotopic (exact) mass is 273 g/mol. The maximum absolute atomic E-state index is 11.4. The number of nitrogens with zero attached hydrogens (tertiary/aromatic N) is 1. The molecule has 0 aliphatic carbocycles. The molecule has 0 bridgehead atoms. The summed E-state index contributed by atoms with van der Waals surface area (Å²) in [6.45, 7) is 2.09. The van der Waals surface area contributed by atoms with Crippen LogP contribution in [0, 0.1) is 0 Å². The third kappa shape index (κ3) is 2.00. The lowest BCUT2D eigenvalue weighted by Crippen LogP contribution is -2.79. The minimum Gasteiger partial charge on any atom is -0.391 e. The lowest BCUT2D eigenvalue weighted by molar-refractivity contribution is -0.139. The summed E-state index contributed by atoms with van der Waals surface area (Å²) in [4.78, 5) is 24.6. The normalized spacial score (nSPS) is 35.1. The third-order valence-corrected chi connectivity index (χ3v) is 4.31. The molecule has 102 valence electrons. The number of aliphatic hydroxyl groups is 1. The molecule has 6 nitrogen and oxygen atoms in total. The first-order valence-electron chi connectivity index (χ1n) is 6.06. The van der Waals surface area contributed by atoms with Gasteiger partial charge in [-0.3, -0.25) is 14.5 Å². The van der Waals surface area contributed by atoms with Gasteiger partial charge in [0.25, 0.3) is 0 Å². The van der Waals surface area contributed by atoms with Gasteiger partial charge < -0.3 is 16.2 Å². The lowest BCUT2D eigenvalue weighted by atomic mass is 9.77. The quantitative estimate of drug-likeness (QED) is 0.468. The molecule has 7 heteroatoms. The number of carbonyl (C=O) groups excluding carboxylic acids is 2. The molecule has 4 atom stereocenters. The van der Waals surface area contributed by atoms with E-state index in [1.165, 1.54) is 0 Å². The van der Waals surface area contributed by atoms with Gasteiger partial charge in [-0.1, -0.05) is 0 Å². The summed E-state index contributed by atoms with van der Waals surface area (Å²) in [6, 6.07) is -0.773. The lowest BCUT2D eigenvalue weighted by Gasteiger charge is -2.58. The number of hydrogen-bond donors (Lipinski definition) is 4. The number of likely N-dealkylation sites (tertiary alicyclic amines) is 1. The molecule has 18 heavy (non-hydrogen) atoms. The van der Waals surface area contributed by atoms with Gasteiger partial charge in [0, 0.05) is 24.8 Å². The second-order valence-electron chi connectivity index (χ2n) is 5.16. The molecular formula is C11H19N3O3S. The SMILES string of the molecule is C[C@@H](O)[C@@H](C(N)=O)N1CC2(CCC(=O)N2)C1CS. The van der Waals surface area contributed by atoms with Gasteiger partial charge in [0.2, 0.25) is 11.8 Å². The molecule has 2 aliphatic rings. The summed E-state index contributed by atoms with van der Waals surface area (Å²) in [5, 5.41) is 12.6. The van der Waals surface area contributed by atoms with Crippen molar-refractivity contribution in [3.8, 4) is 0 Å². The van der Waals surface area contributed by atoms with Gasteiger partial charge in [0.15, 0.2) is 0 Å². The van der Waals surface area contributed by atoms with E-state index in [0.717, 1.165) is 6.42 Å². The molecule has 0 aromatic heterocycles. The van der Waals surface area contributed by atoms with E-state index in [0.29, 0.717) is 18.7 Å². The van der Waals surface area contributed by atoms with Gasteiger partial charge in [-0.15, -0.1) is 0 Å². The Hall–Kier alpha value is -0.790. The van der Waals surface area contributed by atoms with E-state index >= 15 is 0 Å². The Morgan fingerprint density at radius 3 is 2.83 bits per heavy atom. The highest BCUT2D eigenvalue weighted by Gasteiger charge is 2.58. The number of amides is 2. The van der Waals surface area contributed by atoms with Gasteiger partial charge in [0.05, 0.1) is 11.6 Å². The molecule has 0 aromatic rings. The average Bonchev–Trinajstić information content (AvgIpc) is 2.61. The number of nitrogens with one attached hydrogen (secondary N) is 1. The van der Waals surface area contributed by atoms with Crippen LogP contribution in [0.2, 0.25) is 0 Å². The molecule has 2 unspecified atom stereocenters. The van der Waals surface area contributed by atoms with Gasteiger partial charge in [0.1, 0.15) is 6.04 Å². The van der Waals surface area contributed by atoms with Crippen LogP contribution in [0.1, 0.15) is 19.8 Å². The molecule has 2 aliphatic heterocycles. The third-order valence-electron chi connectivity index (χ3n) is 3.97. The summed E-state index contributed by atoms with van der Waals surface area (Å²) in [6.07, 6.45) is 0.423. The Labute approximate surface area is 111 Å². The number of hydrogen-bond acceptors (Lipinski definition) is 5. The fraction of sp³-hybridized carbons (Fsp3) is 0.818. The van der Waals surface area contributed by atoms with Crippen molar-refractivity contribution in [3.05, 3.63) is 0 Å². The Morgan fingerprint density at radius 1 is 1.78 bits per heavy atom. The van der Waals surface area contributed by atoms with Crippen LogP contribution in [0.3, 0.4) is 0 Å². The van der Waals surface area contributed by atoms with Crippen molar-refractivity contribution in [3.63, 3.8) is 0 Å². The molecule has 4 N–H and O–H groups in total. The number of carbonyl (C=O) groups is 2. The van der Waals surface area contributed by atoms with Crippen LogP contribution >= 0.6 is 12.6 Å². The van der Waals surface area contributed by atoms with E-state index in [2.05, 4.69) is 17.9 Å². The maximum atomic E-state index is 11.4. The van der Waals surface area contributed by atoms with Crippen LogP contribution in [0.5, 0.6) is 0 Å². The van der Waals surface area contributed by atoms with E-state index in [9.17, 15) is 14.7 Å². The van der Waals surface area contributed by atoms with Crippen molar-refractivity contribution >= 4 is 24.4 Å². The standard InChI is InChI=1S/C11H19N3O3S/c1-6(15)9(10(12)17)14-5-11(7(14)4-18)3-2-8(16)13-11/h6-7,9,15,18H,2-5H2,1H3,(H2,12,17)(H,13,16)/t6-,7?,9+,11?/m1/s1. The van der Waals surface area contributed by atoms with E-state index in [4.69, 9.17) is 5.73 Å². The molecule has 2 saturated heterocycles. The number of nitrogens with two attached hydrogens (primary N) is 1. The van der Waals surface area contributed by atoms with Crippen molar-refractivity contribution in [1.82, 2.24) is 10.2 Å². The summed E-state index contributed by atoms with van der Waals surface area (Å²) in [5.74, 6) is 0.00149. The molecule has 2 rings (SSSR count). The van der Waals surface area contributed by atoms with Crippen molar-refractivity contribution in [2.75, 3.05) is 12.3 Å². The highest BCUT2D eigenvalue weighted by molar-refractivity contribution is 7.80. The van der Waals surface area contributed by atoms with Crippen molar-refractivity contribution in [2.24, 2.45) is 5.73 Å². The van der Waals surface area contributed by atoms with E-state index in [1.54, 1.807) is 6.92 Å². The Bertz CT molecular complexity index is 377. The highest BCUT2D eigenvalue weighted by Crippen LogP contribution is 2.39. The molecule has 0 radical (unpaired) electrons. The Balaban J connectivity index is 2.14. The van der Waals surface area contributed by atoms with E-state index < -0.39 is 18.1 Å². The van der Waals surface area contributed by atoms with Crippen LogP contribution in [-0.4, -0.2) is 57.8 Å². The first kappa shape index (κ1) is 13.6. The Kier molecular flexibility index (Phi) is 3.57. The number of aliphatic hydroxyl groups excluding tert-OH is 1. The highest BCUT2D eigenvalue weighted by atomic mass is 32.1. The zero-order valence-corrected chi connectivity index (χ0v) is 11.2. The Morgan fingerprint density at radius 2 is 2.44 bits per heavy atom. The molecule has 2 amide bonds. The molecule has 0 saturated carbocycles. The van der Waals surface area contributed by atoms with E-state index in [1.807, 2.05) is 4.90 Å². The molecule has 2 heterocycles. The molecule has 0 aromatic carbocycles. The number of thiol groups is 1. The molecular weight excluding hydrogens is 254 g/mol. The minimum absolute atomic E-state index is 0.0362. The predicted octanol–water partition coefficient (Wildman–Crippen LogP) is -1.52. The second-order valence-corrected chi connectivity index (χ2v) is 5.53. The summed E-state index contributed by atoms with van der Waals surface area (Å²) in [7, 11) is 0. The summed E-state index contributed by atoms with van der Waals surface area (Å²) < 4.78 is 0. The van der Waals surface area contributed by atoms with Crippen molar-refractivity contribution in [2.45, 2.75) is 43.5 Å². The topological polar surface area (TPSA) is 95.7 Å². The largest absolute Gasteiger partial charge is 0.391 e. The average molecular weight is 273 g/mol. The zero-order valence-electron chi connectivity index (χ0n) is 10.3. The summed E-state index contributed by atoms with van der Waals surface area (Å²) in [5.41, 5.74) is 5.04. The van der Waals surface area contributed by atoms with E-state index in [-0.39, 0.29) is 17.5 Å². The van der Waals surface area contributed by atoms with Gasteiger partial charge in [-0.2, -0.15) is 12.6 Å². The van der Waals surface area contributed by atoms with Crippen LogP contribution in [0.15, 0.2) is 0 Å². The van der Waals surface area contributed by atoms with Gasteiger partial charge >= 0.3 is 0 Å². The van der Waals surface area contributed by atoms with Crippen molar-refractivity contribution < 1.29 is 14.7 Å². The first-order chi connectivity index (χ1) is 8.41. The van der Waals surface area contributed by atoms with Crippen molar-refractivity contribution in [1.29, 1.82) is 0 Å². The predicted molar refractivity (Wildman–Crippen MR) is 69.1 cm³/mol. The zero-order chi connectivity index (χ0) is 13.5. The smallest absolute Gasteiger partial charge is 0.237 e. The summed E-state index contributed by atoms with van der Waals surface area (Å²) >= 11 is 4.29. The molecule has 2 fully saturated rings. The first-order valence-corrected chi connectivity index (χ1v) is 6.69. The van der Waals surface area contributed by atoms with Crippen LogP contribution in [-0.2, 0) is 9.59 Å². The number of primary amides is 1. The van der Waals surface area contributed by atoms with Crippen LogP contribution < -0.4 is 11.1 Å². The maximum Gasteiger partial charge on any atom is 0.237 e.